The minimum atomic E-state index is 0.644. The standard InChI is InChI=1S/C59H34N4S2.C37H22BrN3S.C23H14S/c1-2-13-35(14-3-1)36-25-27-38(28-26-36)57-60-58(62-59(61-57)45-22-12-16-37-15-4-5-17-41(37)45)39-29-31-42-48-34-40(30-32-51(48)64-52(42)33-39)63-49-23-10-8-20-46(49)53-43-18-6-7-19-44(43)54-47-21-9-11-24-50(47)65-56(54)55(53)63;38-28-18-20-33-32(22-28)30-19-17-27(21-34(30)42-33)36-39-35(26-15-13-24(14-16-26)23-7-2-1-3-8-23)40-37(41-36)31-12-6-10-25-9-4-5-11-29(25)31;1-2-8-15-14(7-1)13-19-21(15)16-9-3-4-10-17(16)22-18-11-5-6-12-20(18)24-23(19)22/h1-34H;1-22H;1-12H,13H2. The number of benzene rings is 20. The molecule has 612 valence electrons. The molecule has 0 unspecified atom stereocenters. The first kappa shape index (κ1) is 76.8. The largest absolute Gasteiger partial charge is 0.308 e. The van der Waals surface area contributed by atoms with Gasteiger partial charge in [-0.15, -0.1) is 45.3 Å². The highest BCUT2D eigenvalue weighted by Gasteiger charge is 2.28. The van der Waals surface area contributed by atoms with Crippen LogP contribution < -0.4 is 0 Å². The number of hydrogen-bond acceptors (Lipinski definition) is 10. The van der Waals surface area contributed by atoms with Crippen molar-refractivity contribution in [2.75, 3.05) is 0 Å². The van der Waals surface area contributed by atoms with Crippen LogP contribution in [0.2, 0.25) is 0 Å². The van der Waals surface area contributed by atoms with Gasteiger partial charge in [-0.1, -0.05) is 362 Å². The van der Waals surface area contributed by atoms with Crippen molar-refractivity contribution in [2.45, 2.75) is 6.42 Å². The highest BCUT2D eigenvalue weighted by Crippen LogP contribution is 2.53. The quantitative estimate of drug-likeness (QED) is 0.143. The van der Waals surface area contributed by atoms with Crippen LogP contribution in [0, 0.1) is 0 Å². The summed E-state index contributed by atoms with van der Waals surface area (Å²) in [5.74, 6) is 3.93. The maximum atomic E-state index is 5.22. The molecule has 0 N–H and O–H groups in total. The van der Waals surface area contributed by atoms with Crippen LogP contribution in [0.4, 0.5) is 0 Å². The second-order valence-electron chi connectivity index (χ2n) is 33.5. The molecule has 0 amide bonds. The molecular formula is C119H70BrN7S4. The number of para-hydroxylation sites is 1. The molecule has 0 bridgehead atoms. The van der Waals surface area contributed by atoms with Crippen LogP contribution in [0.5, 0.6) is 0 Å². The lowest BCUT2D eigenvalue weighted by atomic mass is 9.94. The fourth-order valence-corrected chi connectivity index (χ4v) is 25.0. The van der Waals surface area contributed by atoms with Crippen LogP contribution in [0.3, 0.4) is 0 Å². The Morgan fingerprint density at radius 3 is 1.19 bits per heavy atom. The zero-order chi connectivity index (χ0) is 86.3. The van der Waals surface area contributed by atoms with Gasteiger partial charge in [0, 0.05) is 137 Å². The summed E-state index contributed by atoms with van der Waals surface area (Å²) in [4.78, 5) is 30.7. The van der Waals surface area contributed by atoms with Gasteiger partial charge in [0.25, 0.3) is 0 Å². The van der Waals surface area contributed by atoms with Crippen LogP contribution in [-0.2, 0) is 6.42 Å². The average molecular weight is 1810 g/mol. The van der Waals surface area contributed by atoms with Crippen LogP contribution in [0.1, 0.15) is 11.1 Å². The van der Waals surface area contributed by atoms with Gasteiger partial charge in [-0.25, -0.2) is 29.9 Å². The molecule has 0 radical (unpaired) electrons. The molecule has 131 heavy (non-hydrogen) atoms. The van der Waals surface area contributed by atoms with E-state index in [1.807, 2.05) is 46.1 Å². The lowest BCUT2D eigenvalue weighted by Gasteiger charge is -2.11. The number of rotatable bonds is 9. The highest BCUT2D eigenvalue weighted by atomic mass is 79.9. The summed E-state index contributed by atoms with van der Waals surface area (Å²) in [5, 5.41) is 22.9. The Morgan fingerprint density at radius 1 is 0.229 bits per heavy atom. The Balaban J connectivity index is 0.000000116. The Morgan fingerprint density at radius 2 is 0.618 bits per heavy atom. The zero-order valence-electron chi connectivity index (χ0n) is 70.1. The Bertz CT molecular complexity index is 9350. The van der Waals surface area contributed by atoms with Crippen molar-refractivity contribution in [3.05, 3.63) is 428 Å². The molecule has 0 spiro atoms. The van der Waals surface area contributed by atoms with Crippen molar-refractivity contribution in [1.29, 1.82) is 0 Å². The summed E-state index contributed by atoms with van der Waals surface area (Å²) in [7, 11) is 0. The summed E-state index contributed by atoms with van der Waals surface area (Å²) < 4.78 is 14.0. The number of aromatic nitrogens is 7. The molecule has 7 heterocycles. The van der Waals surface area contributed by atoms with Crippen LogP contribution in [0.15, 0.2) is 417 Å². The summed E-state index contributed by atoms with van der Waals surface area (Å²) in [5.41, 5.74) is 19.9. The van der Waals surface area contributed by atoms with Gasteiger partial charge in [0.15, 0.2) is 34.9 Å². The number of nitrogens with zero attached hydrogens (tertiary/aromatic N) is 7. The molecule has 0 saturated carbocycles. The van der Waals surface area contributed by atoms with Crippen LogP contribution >= 0.6 is 61.3 Å². The lowest BCUT2D eigenvalue weighted by molar-refractivity contribution is 1.08. The van der Waals surface area contributed by atoms with Crippen molar-refractivity contribution in [3.8, 4) is 107 Å². The molecule has 7 aromatic heterocycles. The van der Waals surface area contributed by atoms with E-state index in [0.717, 1.165) is 82.6 Å². The first-order valence-corrected chi connectivity index (χ1v) is 48.0. The van der Waals surface area contributed by atoms with Crippen molar-refractivity contribution >= 4 is 207 Å². The maximum absolute atomic E-state index is 5.22. The molecule has 20 aromatic carbocycles. The number of fused-ring (bicyclic) bond motifs is 28. The van der Waals surface area contributed by atoms with Crippen molar-refractivity contribution in [2.24, 2.45) is 0 Å². The summed E-state index contributed by atoms with van der Waals surface area (Å²) >= 11 is 11.1. The molecule has 0 fully saturated rings. The molecular weight excluding hydrogens is 1740 g/mol. The Hall–Kier alpha value is -15.4. The van der Waals surface area contributed by atoms with E-state index in [2.05, 4.69) is 421 Å². The fraction of sp³-hybridized carbons (Fsp3) is 0.00840. The predicted molar refractivity (Wildman–Crippen MR) is 561 cm³/mol. The van der Waals surface area contributed by atoms with E-state index < -0.39 is 0 Å². The van der Waals surface area contributed by atoms with E-state index in [9.17, 15) is 0 Å². The minimum absolute atomic E-state index is 0.644. The topological polar surface area (TPSA) is 82.3 Å². The molecule has 12 heteroatoms. The summed E-state index contributed by atoms with van der Waals surface area (Å²) in [6.45, 7) is 0. The van der Waals surface area contributed by atoms with Gasteiger partial charge >= 0.3 is 0 Å². The van der Waals surface area contributed by atoms with Crippen molar-refractivity contribution in [1.82, 2.24) is 34.5 Å². The van der Waals surface area contributed by atoms with Gasteiger partial charge < -0.3 is 4.57 Å². The van der Waals surface area contributed by atoms with E-state index in [1.54, 1.807) is 11.3 Å². The monoisotopic (exact) mass is 1800 g/mol. The number of halogens is 1. The molecule has 0 atom stereocenters. The van der Waals surface area contributed by atoms with E-state index in [4.69, 9.17) is 29.9 Å². The van der Waals surface area contributed by atoms with Crippen molar-refractivity contribution < 1.29 is 0 Å². The second kappa shape index (κ2) is 31.5. The van der Waals surface area contributed by atoms with Gasteiger partial charge in [-0.05, 0) is 154 Å². The van der Waals surface area contributed by atoms with E-state index >= 15 is 0 Å². The molecule has 0 saturated heterocycles. The third kappa shape index (κ3) is 13.1. The summed E-state index contributed by atoms with van der Waals surface area (Å²) in [6, 6.07) is 147. The van der Waals surface area contributed by atoms with Gasteiger partial charge in [0.1, 0.15) is 0 Å². The number of hydrogen-bond donors (Lipinski definition) is 0. The smallest absolute Gasteiger partial charge is 0.164 e. The molecule has 1 aliphatic rings. The third-order valence-corrected chi connectivity index (χ3v) is 31.1. The Labute approximate surface area is 776 Å². The van der Waals surface area contributed by atoms with Crippen LogP contribution in [-0.4, -0.2) is 34.5 Å². The van der Waals surface area contributed by atoms with Crippen LogP contribution in [0.25, 0.3) is 253 Å². The second-order valence-corrected chi connectivity index (χ2v) is 38.6. The Kier molecular flexibility index (Phi) is 18.5. The first-order chi connectivity index (χ1) is 64.8. The molecule has 28 rings (SSSR count). The molecule has 1 aliphatic carbocycles. The lowest BCUT2D eigenvalue weighted by Crippen LogP contribution is -2.00. The molecule has 0 aliphatic heterocycles. The molecule has 27 aromatic rings. The summed E-state index contributed by atoms with van der Waals surface area (Å²) in [6.07, 6.45) is 1.06. The SMILES string of the molecule is Brc1ccc2sc3cc(-c4nc(-c5ccc(-c6ccccc6)cc5)nc(-c5cccc6ccccc56)n4)ccc3c2c1.c1ccc(-c2ccc(-c3nc(-c4ccc5c(c4)sc4ccc(-n6c7ccccc7c7c8ccccc8c8c9ccccc9sc8c76)cc45)nc(-c4cccc5ccccc45)n3)cc2)cc1.c1ccc2c(c1)Cc1c-2c2ccccc2c2c1sc1ccccc12. The maximum Gasteiger partial charge on any atom is 0.164 e. The average Bonchev–Trinajstić information content (AvgIpc) is 1.54. The van der Waals surface area contributed by atoms with Gasteiger partial charge in [-0.2, -0.15) is 0 Å². The van der Waals surface area contributed by atoms with Crippen molar-refractivity contribution in [3.63, 3.8) is 0 Å². The van der Waals surface area contributed by atoms with E-state index in [-0.39, 0.29) is 0 Å². The van der Waals surface area contributed by atoms with E-state index in [1.165, 1.54) is 157 Å². The fourth-order valence-electron chi connectivity index (χ4n) is 19.9. The predicted octanol–water partition coefficient (Wildman–Crippen LogP) is 34.3. The minimum Gasteiger partial charge on any atom is -0.308 e. The molecule has 7 nitrogen and oxygen atoms in total. The van der Waals surface area contributed by atoms with Gasteiger partial charge in [0.2, 0.25) is 0 Å². The highest BCUT2D eigenvalue weighted by molar-refractivity contribution is 9.10. The zero-order valence-corrected chi connectivity index (χ0v) is 75.0. The van der Waals surface area contributed by atoms with Gasteiger partial charge in [0.05, 0.1) is 15.7 Å². The normalized spacial score (nSPS) is 12.0. The first-order valence-electron chi connectivity index (χ1n) is 43.9. The van der Waals surface area contributed by atoms with Gasteiger partial charge in [-0.3, -0.25) is 0 Å². The third-order valence-electron chi connectivity index (χ3n) is 25.9. The number of thiophene rings is 4. The van der Waals surface area contributed by atoms with E-state index in [0.29, 0.717) is 34.9 Å².